The Labute approximate surface area is 159 Å². The zero-order chi connectivity index (χ0) is 20.0. The summed E-state index contributed by atoms with van der Waals surface area (Å²) in [5.74, 6) is -2.59. The first-order valence-electron chi connectivity index (χ1n) is 7.96. The predicted molar refractivity (Wildman–Crippen MR) is 93.6 cm³/mol. The van der Waals surface area contributed by atoms with Gasteiger partial charge in [-0.05, 0) is 26.0 Å². The molecule has 10 heteroatoms. The van der Waals surface area contributed by atoms with E-state index in [0.717, 1.165) is 6.07 Å². The number of benzene rings is 1. The highest BCUT2D eigenvalue weighted by molar-refractivity contribution is 6.33. The molecule has 0 atom stereocenters. The van der Waals surface area contributed by atoms with Crippen LogP contribution in [-0.4, -0.2) is 42.6 Å². The topological polar surface area (TPSA) is 111 Å². The lowest BCUT2D eigenvalue weighted by Gasteiger charge is -2.08. The summed E-state index contributed by atoms with van der Waals surface area (Å²) in [5, 5.41) is 8.52. The van der Waals surface area contributed by atoms with E-state index in [9.17, 15) is 18.8 Å². The number of likely N-dealkylation sites (N-methyl/N-ethyl adjacent to an activating group) is 1. The smallest absolute Gasteiger partial charge is 0.344 e. The lowest BCUT2D eigenvalue weighted by Crippen LogP contribution is -2.38. The third kappa shape index (κ3) is 5.04. The average Bonchev–Trinajstić information content (AvgIpc) is 2.99. The zero-order valence-corrected chi connectivity index (χ0v) is 15.4. The minimum atomic E-state index is -0.934. The van der Waals surface area contributed by atoms with E-state index < -0.39 is 24.3 Å². The van der Waals surface area contributed by atoms with Crippen molar-refractivity contribution in [3.63, 3.8) is 0 Å². The average molecular weight is 398 g/mol. The van der Waals surface area contributed by atoms with Crippen LogP contribution in [0.5, 0.6) is 0 Å². The number of hydrogen-bond donors (Lipinski definition) is 2. The van der Waals surface area contributed by atoms with E-state index in [4.69, 9.17) is 20.9 Å². The lowest BCUT2D eigenvalue weighted by atomic mass is 10.1. The van der Waals surface area contributed by atoms with Crippen LogP contribution in [0.2, 0.25) is 5.02 Å². The second kappa shape index (κ2) is 9.13. The number of carbonyl (C=O) groups is 3. The van der Waals surface area contributed by atoms with Crippen molar-refractivity contribution in [1.29, 1.82) is 0 Å². The second-order valence-electron chi connectivity index (χ2n) is 5.37. The molecule has 144 valence electrons. The van der Waals surface area contributed by atoms with Crippen LogP contribution in [0.4, 0.5) is 4.39 Å². The van der Waals surface area contributed by atoms with Gasteiger partial charge in [-0.25, -0.2) is 9.18 Å². The third-order valence-electron chi connectivity index (χ3n) is 3.42. The fourth-order valence-corrected chi connectivity index (χ4v) is 2.45. The molecule has 2 N–H and O–H groups in total. The highest BCUT2D eigenvalue weighted by Crippen LogP contribution is 2.33. The maximum Gasteiger partial charge on any atom is 0.344 e. The highest BCUT2D eigenvalue weighted by atomic mass is 35.5. The van der Waals surface area contributed by atoms with E-state index in [2.05, 4.69) is 15.8 Å². The molecule has 0 fully saturated rings. The molecule has 1 heterocycles. The molecule has 0 unspecified atom stereocenters. The number of nitrogens with zero attached hydrogens (tertiary/aromatic N) is 1. The summed E-state index contributed by atoms with van der Waals surface area (Å²) in [6.07, 6.45) is 0. The van der Waals surface area contributed by atoms with Gasteiger partial charge in [0.25, 0.3) is 5.91 Å². The van der Waals surface area contributed by atoms with Crippen LogP contribution in [0.1, 0.15) is 23.0 Å². The number of aryl methyl sites for hydroxylation is 1. The van der Waals surface area contributed by atoms with Gasteiger partial charge in [0.15, 0.2) is 6.61 Å². The van der Waals surface area contributed by atoms with Crippen molar-refractivity contribution in [2.24, 2.45) is 0 Å². The number of nitrogens with one attached hydrogen (secondary N) is 2. The van der Waals surface area contributed by atoms with Gasteiger partial charge >= 0.3 is 5.97 Å². The molecule has 0 radical (unpaired) electrons. The van der Waals surface area contributed by atoms with Crippen LogP contribution in [0.15, 0.2) is 22.7 Å². The standard InChI is InChI=1S/C17H17ClFN3O5/c1-3-20-12(23)7-21-13(24)8-26-17(25)14-9(2)27-22-16(14)15-10(18)5-4-6-11(15)19/h4-6H,3,7-8H2,1-2H3,(H,20,23)(H,21,24). The van der Waals surface area contributed by atoms with Crippen molar-refractivity contribution in [2.75, 3.05) is 19.7 Å². The molecule has 0 spiro atoms. The summed E-state index contributed by atoms with van der Waals surface area (Å²) in [6.45, 7) is 2.73. The number of carbonyl (C=O) groups excluding carboxylic acids is 3. The van der Waals surface area contributed by atoms with Crippen LogP contribution in [0.25, 0.3) is 11.3 Å². The molecular formula is C17H17ClFN3O5. The number of hydrogen-bond acceptors (Lipinski definition) is 6. The maximum absolute atomic E-state index is 14.1. The summed E-state index contributed by atoms with van der Waals surface area (Å²) < 4.78 is 24.0. The van der Waals surface area contributed by atoms with Crippen LogP contribution in [0.3, 0.4) is 0 Å². The molecule has 0 saturated heterocycles. The Hall–Kier alpha value is -2.94. The van der Waals surface area contributed by atoms with Gasteiger partial charge in [0.1, 0.15) is 22.8 Å². The molecule has 0 aliphatic rings. The van der Waals surface area contributed by atoms with Crippen LogP contribution in [-0.2, 0) is 14.3 Å². The Morgan fingerprint density at radius 1 is 1.26 bits per heavy atom. The normalized spacial score (nSPS) is 10.4. The lowest BCUT2D eigenvalue weighted by molar-refractivity contribution is -0.127. The molecule has 2 aromatic rings. The first-order chi connectivity index (χ1) is 12.8. The number of esters is 1. The summed E-state index contributed by atoms with van der Waals surface area (Å²) in [7, 11) is 0. The fourth-order valence-electron chi connectivity index (χ4n) is 2.20. The van der Waals surface area contributed by atoms with E-state index >= 15 is 0 Å². The SMILES string of the molecule is CCNC(=O)CNC(=O)COC(=O)c1c(-c2c(F)cccc2Cl)noc1C. The minimum absolute atomic E-state index is 0.0389. The quantitative estimate of drug-likeness (QED) is 0.690. The van der Waals surface area contributed by atoms with Gasteiger partial charge in [-0.15, -0.1) is 0 Å². The largest absolute Gasteiger partial charge is 0.452 e. The molecule has 1 aromatic carbocycles. The van der Waals surface area contributed by atoms with E-state index in [1.807, 2.05) is 0 Å². The van der Waals surface area contributed by atoms with Crippen molar-refractivity contribution in [3.8, 4) is 11.3 Å². The molecular weight excluding hydrogens is 381 g/mol. The van der Waals surface area contributed by atoms with E-state index in [1.54, 1.807) is 6.92 Å². The maximum atomic E-state index is 14.1. The molecule has 8 nitrogen and oxygen atoms in total. The molecule has 27 heavy (non-hydrogen) atoms. The van der Waals surface area contributed by atoms with Crippen molar-refractivity contribution < 1.29 is 28.0 Å². The monoisotopic (exact) mass is 397 g/mol. The van der Waals surface area contributed by atoms with Gasteiger partial charge in [-0.3, -0.25) is 9.59 Å². The van der Waals surface area contributed by atoms with Gasteiger partial charge in [0.05, 0.1) is 17.1 Å². The third-order valence-corrected chi connectivity index (χ3v) is 3.74. The molecule has 0 bridgehead atoms. The molecule has 2 rings (SSSR count). The summed E-state index contributed by atoms with van der Waals surface area (Å²) >= 11 is 6.00. The Kier molecular flexibility index (Phi) is 6.89. The number of aromatic nitrogens is 1. The van der Waals surface area contributed by atoms with Gasteiger partial charge < -0.3 is 19.9 Å². The summed E-state index contributed by atoms with van der Waals surface area (Å²) in [5.41, 5.74) is -0.370. The highest BCUT2D eigenvalue weighted by Gasteiger charge is 2.27. The Bertz CT molecular complexity index is 848. The molecule has 1 aromatic heterocycles. The van der Waals surface area contributed by atoms with E-state index in [1.165, 1.54) is 19.1 Å². The van der Waals surface area contributed by atoms with E-state index in [0.29, 0.717) is 6.54 Å². The van der Waals surface area contributed by atoms with Crippen molar-refractivity contribution in [1.82, 2.24) is 15.8 Å². The first-order valence-corrected chi connectivity index (χ1v) is 8.34. The summed E-state index contributed by atoms with van der Waals surface area (Å²) in [6, 6.07) is 4.01. The van der Waals surface area contributed by atoms with Crippen molar-refractivity contribution in [3.05, 3.63) is 40.4 Å². The van der Waals surface area contributed by atoms with Crippen molar-refractivity contribution in [2.45, 2.75) is 13.8 Å². The van der Waals surface area contributed by atoms with Gasteiger partial charge in [0.2, 0.25) is 5.91 Å². The van der Waals surface area contributed by atoms with Crippen LogP contribution in [0, 0.1) is 12.7 Å². The molecule has 2 amide bonds. The van der Waals surface area contributed by atoms with Gasteiger partial charge in [-0.2, -0.15) is 0 Å². The number of rotatable bonds is 7. The second-order valence-corrected chi connectivity index (χ2v) is 5.77. The van der Waals surface area contributed by atoms with E-state index in [-0.39, 0.29) is 40.1 Å². The Morgan fingerprint density at radius 2 is 2.00 bits per heavy atom. The van der Waals surface area contributed by atoms with Crippen LogP contribution >= 0.6 is 11.6 Å². The molecule has 0 aliphatic heterocycles. The first kappa shape index (κ1) is 20.4. The fraction of sp³-hybridized carbons (Fsp3) is 0.294. The zero-order valence-electron chi connectivity index (χ0n) is 14.6. The summed E-state index contributed by atoms with van der Waals surface area (Å²) in [4.78, 5) is 35.3. The number of amides is 2. The Balaban J connectivity index is 2.09. The molecule has 0 saturated carbocycles. The van der Waals surface area contributed by atoms with Gasteiger partial charge in [-0.1, -0.05) is 22.8 Å². The van der Waals surface area contributed by atoms with Crippen LogP contribution < -0.4 is 10.6 Å². The number of halogens is 2. The Morgan fingerprint density at radius 3 is 2.67 bits per heavy atom. The minimum Gasteiger partial charge on any atom is -0.452 e. The predicted octanol–water partition coefficient (Wildman–Crippen LogP) is 1.85. The van der Waals surface area contributed by atoms with Gasteiger partial charge in [0, 0.05) is 6.54 Å². The molecule has 0 aliphatic carbocycles. The van der Waals surface area contributed by atoms with Crippen molar-refractivity contribution >= 4 is 29.4 Å². The number of ether oxygens (including phenoxy) is 1.